The zero-order chi connectivity index (χ0) is 16.8. The predicted octanol–water partition coefficient (Wildman–Crippen LogP) is 3.77. The van der Waals surface area contributed by atoms with Crippen molar-refractivity contribution < 1.29 is 13.9 Å². The van der Waals surface area contributed by atoms with Gasteiger partial charge in [-0.15, -0.1) is 0 Å². The number of rotatable bonds is 5. The van der Waals surface area contributed by atoms with Crippen molar-refractivity contribution >= 4 is 33.1 Å². The van der Waals surface area contributed by atoms with Gasteiger partial charge in [-0.1, -0.05) is 15.9 Å². The van der Waals surface area contributed by atoms with Crippen molar-refractivity contribution in [2.75, 3.05) is 12.5 Å². The van der Waals surface area contributed by atoms with Crippen LogP contribution in [0.15, 0.2) is 52.0 Å². The average Bonchev–Trinajstić information content (AvgIpc) is 2.57. The van der Waals surface area contributed by atoms with Crippen LogP contribution < -0.4 is 10.2 Å². The Hall–Kier alpha value is -2.72. The third kappa shape index (κ3) is 4.14. The van der Waals surface area contributed by atoms with Crippen LogP contribution in [0.5, 0.6) is 5.75 Å². The number of nitriles is 1. The lowest BCUT2D eigenvalue weighted by molar-refractivity contribution is 0.106. The van der Waals surface area contributed by atoms with E-state index in [2.05, 4.69) is 26.5 Å². The van der Waals surface area contributed by atoms with E-state index in [-0.39, 0.29) is 11.3 Å². The number of anilines is 1. The van der Waals surface area contributed by atoms with Crippen LogP contribution in [0.4, 0.5) is 10.1 Å². The van der Waals surface area contributed by atoms with Crippen molar-refractivity contribution in [2.24, 2.45) is 5.10 Å². The topological polar surface area (TPSA) is 74.5 Å². The van der Waals surface area contributed by atoms with Crippen molar-refractivity contribution in [3.63, 3.8) is 0 Å². The molecule has 5 nitrogen and oxygen atoms in total. The summed E-state index contributed by atoms with van der Waals surface area (Å²) in [4.78, 5) is 12.4. The number of hydrogen-bond donors (Lipinski definition) is 1. The van der Waals surface area contributed by atoms with E-state index in [4.69, 9.17) is 10.00 Å². The Bertz CT molecular complexity index is 798. The van der Waals surface area contributed by atoms with Gasteiger partial charge >= 0.3 is 0 Å². The van der Waals surface area contributed by atoms with Gasteiger partial charge < -0.3 is 4.74 Å². The molecular weight excluding hydrogens is 365 g/mol. The van der Waals surface area contributed by atoms with Gasteiger partial charge in [0.2, 0.25) is 11.5 Å². The first-order valence-electron chi connectivity index (χ1n) is 6.42. The average molecular weight is 376 g/mol. The lowest BCUT2D eigenvalue weighted by Gasteiger charge is -2.06. The van der Waals surface area contributed by atoms with Gasteiger partial charge in [0.05, 0.1) is 12.8 Å². The number of nitrogens with zero attached hydrogens (tertiary/aromatic N) is 2. The molecule has 0 atom stereocenters. The molecule has 0 heterocycles. The molecule has 0 unspecified atom stereocenters. The van der Waals surface area contributed by atoms with Crippen LogP contribution in [0.25, 0.3) is 0 Å². The zero-order valence-electron chi connectivity index (χ0n) is 12.0. The summed E-state index contributed by atoms with van der Waals surface area (Å²) in [5, 5.41) is 12.9. The van der Waals surface area contributed by atoms with Gasteiger partial charge in [0.15, 0.2) is 0 Å². The number of hydrazone groups is 1. The van der Waals surface area contributed by atoms with E-state index < -0.39 is 11.6 Å². The van der Waals surface area contributed by atoms with Crippen LogP contribution in [0.3, 0.4) is 0 Å². The fourth-order valence-corrected chi connectivity index (χ4v) is 2.13. The molecule has 2 rings (SSSR count). The van der Waals surface area contributed by atoms with Crippen LogP contribution >= 0.6 is 15.9 Å². The molecule has 0 fully saturated rings. The van der Waals surface area contributed by atoms with E-state index in [1.165, 1.54) is 37.4 Å². The van der Waals surface area contributed by atoms with Crippen molar-refractivity contribution in [1.29, 1.82) is 5.26 Å². The molecule has 0 radical (unpaired) electrons. The first kappa shape index (κ1) is 16.6. The summed E-state index contributed by atoms with van der Waals surface area (Å²) in [6, 6.07) is 12.0. The quantitative estimate of drug-likeness (QED) is 0.490. The van der Waals surface area contributed by atoms with Crippen molar-refractivity contribution in [1.82, 2.24) is 0 Å². The van der Waals surface area contributed by atoms with E-state index in [1.807, 2.05) is 0 Å². The van der Waals surface area contributed by atoms with Crippen molar-refractivity contribution in [3.8, 4) is 11.8 Å². The minimum atomic E-state index is -0.562. The number of ketones is 1. The minimum Gasteiger partial charge on any atom is -0.497 e. The number of ether oxygens (including phenoxy) is 1. The van der Waals surface area contributed by atoms with Gasteiger partial charge in [-0.05, 0) is 42.5 Å². The minimum absolute atomic E-state index is 0.255. The summed E-state index contributed by atoms with van der Waals surface area (Å²) in [6.07, 6.45) is 0. The third-order valence-corrected chi connectivity index (χ3v) is 3.57. The normalized spacial score (nSPS) is 10.8. The number of hydrogen-bond acceptors (Lipinski definition) is 5. The summed E-state index contributed by atoms with van der Waals surface area (Å²) in [5.41, 5.74) is 2.93. The Labute approximate surface area is 140 Å². The summed E-state index contributed by atoms with van der Waals surface area (Å²) in [6.45, 7) is 0. The molecule has 2 aromatic rings. The summed E-state index contributed by atoms with van der Waals surface area (Å²) in [7, 11) is 1.48. The molecule has 0 bridgehead atoms. The Morgan fingerprint density at radius 1 is 1.30 bits per heavy atom. The van der Waals surface area contributed by atoms with E-state index in [9.17, 15) is 9.18 Å². The number of halogens is 2. The van der Waals surface area contributed by atoms with E-state index >= 15 is 0 Å². The number of carbonyl (C=O) groups is 1. The Morgan fingerprint density at radius 3 is 2.61 bits per heavy atom. The molecule has 0 amide bonds. The van der Waals surface area contributed by atoms with E-state index in [0.29, 0.717) is 15.9 Å². The maximum atomic E-state index is 12.8. The van der Waals surface area contributed by atoms with Crippen molar-refractivity contribution in [3.05, 3.63) is 58.3 Å². The highest BCUT2D eigenvalue weighted by Gasteiger charge is 2.18. The van der Waals surface area contributed by atoms with Gasteiger partial charge in [-0.25, -0.2) is 4.39 Å². The number of methoxy groups -OCH3 is 1. The molecule has 1 N–H and O–H groups in total. The lowest BCUT2D eigenvalue weighted by atomic mass is 10.1. The van der Waals surface area contributed by atoms with Gasteiger partial charge in [0.1, 0.15) is 17.6 Å². The predicted molar refractivity (Wildman–Crippen MR) is 88.1 cm³/mol. The Kier molecular flexibility index (Phi) is 5.44. The van der Waals surface area contributed by atoms with E-state index in [1.54, 1.807) is 18.2 Å². The molecule has 2 aromatic carbocycles. The van der Waals surface area contributed by atoms with E-state index in [0.717, 1.165) is 0 Å². The summed E-state index contributed by atoms with van der Waals surface area (Å²) < 4.78 is 18.4. The monoisotopic (exact) mass is 375 g/mol. The molecule has 116 valence electrons. The smallest absolute Gasteiger partial charge is 0.225 e. The fourth-order valence-electron chi connectivity index (χ4n) is 1.70. The molecule has 0 aromatic heterocycles. The number of Topliss-reactive ketones (excluding diaryl/α,β-unsaturated/α-hetero) is 1. The zero-order valence-corrected chi connectivity index (χ0v) is 13.6. The number of carbonyl (C=O) groups excluding carboxylic acids is 1. The highest BCUT2D eigenvalue weighted by molar-refractivity contribution is 9.10. The number of nitrogens with one attached hydrogen (secondary N) is 1. The molecule has 0 aliphatic carbocycles. The number of benzene rings is 2. The van der Waals surface area contributed by atoms with Crippen molar-refractivity contribution in [2.45, 2.75) is 0 Å². The summed E-state index contributed by atoms with van der Waals surface area (Å²) in [5.74, 6) is -0.468. The molecule has 0 saturated heterocycles. The first-order chi connectivity index (χ1) is 11.0. The molecule has 7 heteroatoms. The molecule has 23 heavy (non-hydrogen) atoms. The fraction of sp³-hybridized carbons (Fsp3) is 0.0625. The third-order valence-electron chi connectivity index (χ3n) is 2.88. The highest BCUT2D eigenvalue weighted by Crippen LogP contribution is 2.23. The second kappa shape index (κ2) is 7.51. The van der Waals surface area contributed by atoms with Gasteiger partial charge in [-0.3, -0.25) is 10.2 Å². The second-order valence-corrected chi connectivity index (χ2v) is 5.22. The van der Waals surface area contributed by atoms with Gasteiger partial charge in [0.25, 0.3) is 0 Å². The lowest BCUT2D eigenvalue weighted by Crippen LogP contribution is -2.15. The summed E-state index contributed by atoms with van der Waals surface area (Å²) >= 11 is 3.26. The van der Waals surface area contributed by atoms with Crippen LogP contribution in [-0.2, 0) is 0 Å². The largest absolute Gasteiger partial charge is 0.497 e. The molecule has 0 aliphatic heterocycles. The SMILES string of the molecule is COc1ccc(Br)c(C(=O)/C(C#N)=N/Nc2ccc(F)cc2)c1. The maximum Gasteiger partial charge on any atom is 0.225 e. The van der Waals surface area contributed by atoms with Crippen LogP contribution in [0.2, 0.25) is 0 Å². The molecule has 0 aliphatic rings. The Balaban J connectivity index is 2.26. The highest BCUT2D eigenvalue weighted by atomic mass is 79.9. The van der Waals surface area contributed by atoms with Gasteiger partial charge in [0, 0.05) is 10.0 Å². The standard InChI is InChI=1S/C16H11BrFN3O2/c1-23-12-6-7-14(17)13(8-12)16(22)15(9-19)21-20-11-4-2-10(18)3-5-11/h2-8,20H,1H3/b21-15+. The van der Waals surface area contributed by atoms with Gasteiger partial charge in [-0.2, -0.15) is 10.4 Å². The molecular formula is C16H11BrFN3O2. The maximum absolute atomic E-state index is 12.8. The molecule has 0 saturated carbocycles. The van der Waals surface area contributed by atoms with Crippen LogP contribution in [0, 0.1) is 17.1 Å². The van der Waals surface area contributed by atoms with Crippen LogP contribution in [-0.4, -0.2) is 18.6 Å². The molecule has 0 spiro atoms. The second-order valence-electron chi connectivity index (χ2n) is 4.37. The first-order valence-corrected chi connectivity index (χ1v) is 7.22. The van der Waals surface area contributed by atoms with Crippen LogP contribution in [0.1, 0.15) is 10.4 Å². The Morgan fingerprint density at radius 2 is 2.00 bits per heavy atom.